The number of carbonyl (C=O) groups is 1. The number of nitrogens with one attached hydrogen (secondary N) is 1. The number of ketones is 1. The number of halogens is 3. The van der Waals surface area contributed by atoms with Gasteiger partial charge in [-0.05, 0) is 28.1 Å². The molecule has 0 atom stereocenters. The van der Waals surface area contributed by atoms with Crippen LogP contribution in [0.1, 0.15) is 21.5 Å². The molecule has 0 amide bonds. The molecule has 1 N–H and O–H groups in total. The minimum Gasteiger partial charge on any atom is -0.366 e. The molecule has 6 heteroatoms. The summed E-state index contributed by atoms with van der Waals surface area (Å²) in [5.41, 5.74) is 0.861. The van der Waals surface area contributed by atoms with E-state index in [0.717, 1.165) is 0 Å². The predicted octanol–water partition coefficient (Wildman–Crippen LogP) is 4.19. The average Bonchev–Trinajstić information content (AvgIpc) is 2.83. The zero-order chi connectivity index (χ0) is 13.3. The van der Waals surface area contributed by atoms with Crippen LogP contribution in [0.15, 0.2) is 29.0 Å². The van der Waals surface area contributed by atoms with Gasteiger partial charge in [-0.1, -0.05) is 23.2 Å². The molecule has 0 aliphatic rings. The first-order chi connectivity index (χ1) is 8.56. The van der Waals surface area contributed by atoms with Gasteiger partial charge in [0, 0.05) is 18.0 Å². The zero-order valence-electron chi connectivity index (χ0n) is 8.80. The lowest BCUT2D eigenvalue weighted by Gasteiger charge is -2.05. The van der Waals surface area contributed by atoms with Gasteiger partial charge < -0.3 is 4.98 Å². The van der Waals surface area contributed by atoms with E-state index in [4.69, 9.17) is 28.5 Å². The summed E-state index contributed by atoms with van der Waals surface area (Å²) in [6.45, 7) is 0. The third-order valence-electron chi connectivity index (χ3n) is 2.39. The quantitative estimate of drug-likeness (QED) is 0.656. The summed E-state index contributed by atoms with van der Waals surface area (Å²) < 4.78 is 0.464. The van der Waals surface area contributed by atoms with Crippen molar-refractivity contribution >= 4 is 44.9 Å². The summed E-state index contributed by atoms with van der Waals surface area (Å²) in [5.74, 6) is -0.324. The van der Waals surface area contributed by atoms with Gasteiger partial charge in [-0.2, -0.15) is 5.26 Å². The largest absolute Gasteiger partial charge is 0.366 e. The van der Waals surface area contributed by atoms with Crippen molar-refractivity contribution in [3.63, 3.8) is 0 Å². The molecule has 0 saturated heterocycles. The molecule has 2 rings (SSSR count). The van der Waals surface area contributed by atoms with E-state index < -0.39 is 0 Å². The van der Waals surface area contributed by atoms with E-state index in [2.05, 4.69) is 20.9 Å². The lowest BCUT2D eigenvalue weighted by molar-refractivity contribution is 0.103. The van der Waals surface area contributed by atoms with Crippen LogP contribution in [-0.2, 0) is 0 Å². The second-order valence-electron chi connectivity index (χ2n) is 3.45. The van der Waals surface area contributed by atoms with Gasteiger partial charge in [0.1, 0.15) is 6.07 Å². The number of carbonyl (C=O) groups excluding carboxylic acids is 1. The summed E-state index contributed by atoms with van der Waals surface area (Å²) in [6.07, 6.45) is 2.94. The Hall–Kier alpha value is -1.28. The first kappa shape index (κ1) is 13.2. The van der Waals surface area contributed by atoms with Crippen molar-refractivity contribution in [3.05, 3.63) is 55.7 Å². The van der Waals surface area contributed by atoms with E-state index in [-0.39, 0.29) is 21.9 Å². The molecule has 0 unspecified atom stereocenters. The number of hydrogen-bond acceptors (Lipinski definition) is 2. The predicted molar refractivity (Wildman–Crippen MR) is 73.1 cm³/mol. The molecule has 0 aliphatic carbocycles. The number of nitrogens with zero attached hydrogens (tertiary/aromatic N) is 1. The number of aromatic nitrogens is 1. The van der Waals surface area contributed by atoms with Crippen LogP contribution >= 0.6 is 39.1 Å². The Balaban J connectivity index is 2.55. The van der Waals surface area contributed by atoms with Crippen LogP contribution in [0.3, 0.4) is 0 Å². The highest BCUT2D eigenvalue weighted by atomic mass is 79.9. The van der Waals surface area contributed by atoms with Crippen LogP contribution in [0, 0.1) is 11.3 Å². The van der Waals surface area contributed by atoms with Gasteiger partial charge in [-0.3, -0.25) is 4.79 Å². The Kier molecular flexibility index (Phi) is 3.76. The number of nitriles is 1. The van der Waals surface area contributed by atoms with Gasteiger partial charge in [0.05, 0.1) is 25.6 Å². The van der Waals surface area contributed by atoms with Crippen LogP contribution < -0.4 is 0 Å². The molecule has 1 heterocycles. The lowest BCUT2D eigenvalue weighted by Crippen LogP contribution is -2.03. The SMILES string of the molecule is N#Cc1c[nH]cc1C(=O)c1ccc(Cl)c(Br)c1Cl. The number of H-pyrrole nitrogens is 1. The zero-order valence-corrected chi connectivity index (χ0v) is 11.9. The first-order valence-electron chi connectivity index (χ1n) is 4.81. The fourth-order valence-corrected chi connectivity index (χ4v) is 2.29. The monoisotopic (exact) mass is 342 g/mol. The third-order valence-corrected chi connectivity index (χ3v) is 4.38. The van der Waals surface area contributed by atoms with Crippen molar-refractivity contribution in [3.8, 4) is 6.07 Å². The Labute approximate surface area is 121 Å². The molecule has 0 saturated carbocycles. The highest BCUT2D eigenvalue weighted by Gasteiger charge is 2.19. The molecular formula is C12H5BrCl2N2O. The smallest absolute Gasteiger partial charge is 0.197 e. The summed E-state index contributed by atoms with van der Waals surface area (Å²) >= 11 is 15.1. The highest BCUT2D eigenvalue weighted by Crippen LogP contribution is 2.34. The van der Waals surface area contributed by atoms with Crippen LogP contribution in [0.4, 0.5) is 0 Å². The molecule has 90 valence electrons. The molecular weight excluding hydrogens is 339 g/mol. The minimum atomic E-state index is -0.324. The Morgan fingerprint density at radius 2 is 2.00 bits per heavy atom. The van der Waals surface area contributed by atoms with Crippen LogP contribution in [0.25, 0.3) is 0 Å². The van der Waals surface area contributed by atoms with E-state index >= 15 is 0 Å². The fraction of sp³-hybridized carbons (Fsp3) is 0. The van der Waals surface area contributed by atoms with Gasteiger partial charge in [-0.25, -0.2) is 0 Å². The molecule has 0 fully saturated rings. The molecule has 0 aliphatic heterocycles. The van der Waals surface area contributed by atoms with Gasteiger partial charge in [-0.15, -0.1) is 0 Å². The van der Waals surface area contributed by atoms with Crippen molar-refractivity contribution < 1.29 is 4.79 Å². The minimum absolute atomic E-state index is 0.234. The van der Waals surface area contributed by atoms with E-state index in [1.165, 1.54) is 18.5 Å². The maximum Gasteiger partial charge on any atom is 0.197 e. The van der Waals surface area contributed by atoms with Gasteiger partial charge in [0.25, 0.3) is 0 Å². The van der Waals surface area contributed by atoms with E-state index in [0.29, 0.717) is 15.1 Å². The normalized spacial score (nSPS) is 10.1. The maximum absolute atomic E-state index is 12.3. The van der Waals surface area contributed by atoms with Gasteiger partial charge in [0.2, 0.25) is 0 Å². The Morgan fingerprint density at radius 1 is 1.28 bits per heavy atom. The second-order valence-corrected chi connectivity index (χ2v) is 5.02. The van der Waals surface area contributed by atoms with Crippen molar-refractivity contribution in [2.75, 3.05) is 0 Å². The standard InChI is InChI=1S/C12H5BrCl2N2O/c13-10-9(14)2-1-7(11(10)15)12(18)8-5-17-4-6(8)3-16/h1-2,4-5,17H. The summed E-state index contributed by atoms with van der Waals surface area (Å²) in [7, 11) is 0. The fourth-order valence-electron chi connectivity index (χ4n) is 1.49. The summed E-state index contributed by atoms with van der Waals surface area (Å²) in [4.78, 5) is 15.0. The molecule has 0 spiro atoms. The van der Waals surface area contributed by atoms with E-state index in [1.807, 2.05) is 6.07 Å². The number of hydrogen-bond donors (Lipinski definition) is 1. The summed E-state index contributed by atoms with van der Waals surface area (Å²) in [6, 6.07) is 5.05. The van der Waals surface area contributed by atoms with Crippen molar-refractivity contribution in [1.82, 2.24) is 4.98 Å². The van der Waals surface area contributed by atoms with Crippen LogP contribution in [0.2, 0.25) is 10.0 Å². The summed E-state index contributed by atoms with van der Waals surface area (Å²) in [5, 5.41) is 9.54. The first-order valence-corrected chi connectivity index (χ1v) is 6.36. The van der Waals surface area contributed by atoms with Gasteiger partial charge in [0.15, 0.2) is 5.78 Å². The van der Waals surface area contributed by atoms with Crippen LogP contribution in [-0.4, -0.2) is 10.8 Å². The number of aromatic amines is 1. The van der Waals surface area contributed by atoms with Crippen molar-refractivity contribution in [2.24, 2.45) is 0 Å². The van der Waals surface area contributed by atoms with E-state index in [9.17, 15) is 4.79 Å². The topological polar surface area (TPSA) is 56.6 Å². The Morgan fingerprint density at radius 3 is 2.67 bits per heavy atom. The number of benzene rings is 1. The van der Waals surface area contributed by atoms with Crippen molar-refractivity contribution in [1.29, 1.82) is 5.26 Å². The lowest BCUT2D eigenvalue weighted by atomic mass is 10.0. The Bertz CT molecular complexity index is 673. The molecule has 18 heavy (non-hydrogen) atoms. The van der Waals surface area contributed by atoms with Crippen LogP contribution in [0.5, 0.6) is 0 Å². The molecule has 2 aromatic rings. The maximum atomic E-state index is 12.3. The molecule has 1 aromatic heterocycles. The third kappa shape index (κ3) is 2.17. The second kappa shape index (κ2) is 5.15. The molecule has 1 aromatic carbocycles. The van der Waals surface area contributed by atoms with E-state index in [1.54, 1.807) is 6.07 Å². The average molecular weight is 344 g/mol. The molecule has 0 radical (unpaired) electrons. The molecule has 0 bridgehead atoms. The van der Waals surface area contributed by atoms with Crippen molar-refractivity contribution in [2.45, 2.75) is 0 Å². The number of rotatable bonds is 2. The molecule has 3 nitrogen and oxygen atoms in total. The van der Waals surface area contributed by atoms with Gasteiger partial charge >= 0.3 is 0 Å². The highest BCUT2D eigenvalue weighted by molar-refractivity contribution is 9.10.